The zero-order valence-corrected chi connectivity index (χ0v) is 12.2. The average molecular weight is 321 g/mol. The first-order chi connectivity index (χ1) is 9.15. The van der Waals surface area contributed by atoms with Gasteiger partial charge in [-0.15, -0.1) is 0 Å². The third kappa shape index (κ3) is 2.37. The number of halogens is 2. The predicted molar refractivity (Wildman–Crippen MR) is 77.8 cm³/mol. The molecule has 0 fully saturated rings. The van der Waals surface area contributed by atoms with Crippen LogP contribution in [0.2, 0.25) is 0 Å². The Bertz CT molecular complexity index is 628. The van der Waals surface area contributed by atoms with Gasteiger partial charge in [-0.1, -0.05) is 12.1 Å². The normalized spacial score (nSPS) is 17.3. The van der Waals surface area contributed by atoms with Crippen molar-refractivity contribution in [1.82, 2.24) is 4.98 Å². The van der Waals surface area contributed by atoms with E-state index >= 15 is 0 Å². The largest absolute Gasteiger partial charge is 0.377 e. The molecule has 4 heteroatoms. The van der Waals surface area contributed by atoms with Crippen molar-refractivity contribution in [2.24, 2.45) is 0 Å². The third-order valence-electron chi connectivity index (χ3n) is 3.57. The molecule has 0 saturated carbocycles. The summed E-state index contributed by atoms with van der Waals surface area (Å²) in [6, 6.07) is 7.54. The SMILES string of the molecule is Cc1cc(NC2CCc3c(F)cccc32)cnc1Br. The van der Waals surface area contributed by atoms with Gasteiger partial charge < -0.3 is 5.32 Å². The minimum absolute atomic E-state index is 0.0908. The Hall–Kier alpha value is -1.42. The number of fused-ring (bicyclic) bond motifs is 1. The molecular formula is C15H14BrFN2. The Morgan fingerprint density at radius 2 is 2.26 bits per heavy atom. The van der Waals surface area contributed by atoms with Crippen molar-refractivity contribution >= 4 is 21.6 Å². The quantitative estimate of drug-likeness (QED) is 0.830. The van der Waals surface area contributed by atoms with Crippen molar-refractivity contribution in [3.8, 4) is 0 Å². The standard InChI is InChI=1S/C15H14BrFN2/c1-9-7-10(8-18-15(9)16)19-14-6-5-11-12(14)3-2-4-13(11)17/h2-4,7-8,14,19H,5-6H2,1H3. The van der Waals surface area contributed by atoms with Crippen LogP contribution in [0.5, 0.6) is 0 Å². The Balaban J connectivity index is 1.86. The zero-order chi connectivity index (χ0) is 13.4. The number of hydrogen-bond acceptors (Lipinski definition) is 2. The summed E-state index contributed by atoms with van der Waals surface area (Å²) in [5.41, 5.74) is 3.98. The molecule has 2 aromatic rings. The van der Waals surface area contributed by atoms with E-state index in [1.165, 1.54) is 6.07 Å². The molecule has 1 aromatic heterocycles. The van der Waals surface area contributed by atoms with Gasteiger partial charge >= 0.3 is 0 Å². The molecule has 0 aliphatic heterocycles. The van der Waals surface area contributed by atoms with Crippen LogP contribution in [0.15, 0.2) is 35.1 Å². The molecule has 1 heterocycles. The summed E-state index contributed by atoms with van der Waals surface area (Å²) < 4.78 is 14.5. The summed E-state index contributed by atoms with van der Waals surface area (Å²) in [5, 5.41) is 3.44. The number of aromatic nitrogens is 1. The fourth-order valence-corrected chi connectivity index (χ4v) is 2.81. The van der Waals surface area contributed by atoms with Gasteiger partial charge in [-0.3, -0.25) is 0 Å². The van der Waals surface area contributed by atoms with Crippen molar-refractivity contribution in [3.63, 3.8) is 0 Å². The number of rotatable bonds is 2. The van der Waals surface area contributed by atoms with E-state index in [4.69, 9.17) is 0 Å². The van der Waals surface area contributed by atoms with E-state index in [2.05, 4.69) is 26.2 Å². The van der Waals surface area contributed by atoms with E-state index in [0.29, 0.717) is 0 Å². The number of nitrogens with zero attached hydrogens (tertiary/aromatic N) is 1. The monoisotopic (exact) mass is 320 g/mol. The highest BCUT2D eigenvalue weighted by molar-refractivity contribution is 9.10. The fourth-order valence-electron chi connectivity index (χ4n) is 2.60. The Morgan fingerprint density at radius 3 is 3.05 bits per heavy atom. The first-order valence-electron chi connectivity index (χ1n) is 6.31. The zero-order valence-electron chi connectivity index (χ0n) is 10.6. The van der Waals surface area contributed by atoms with E-state index in [0.717, 1.165) is 39.8 Å². The van der Waals surface area contributed by atoms with Crippen LogP contribution < -0.4 is 5.32 Å². The van der Waals surface area contributed by atoms with Gasteiger partial charge in [0.1, 0.15) is 10.4 Å². The van der Waals surface area contributed by atoms with Gasteiger partial charge in [0.25, 0.3) is 0 Å². The summed E-state index contributed by atoms with van der Waals surface area (Å²) >= 11 is 3.39. The van der Waals surface area contributed by atoms with Gasteiger partial charge in [0.15, 0.2) is 0 Å². The lowest BCUT2D eigenvalue weighted by Gasteiger charge is -2.16. The smallest absolute Gasteiger partial charge is 0.126 e. The van der Waals surface area contributed by atoms with Crippen molar-refractivity contribution in [2.45, 2.75) is 25.8 Å². The van der Waals surface area contributed by atoms with E-state index in [1.54, 1.807) is 12.3 Å². The van der Waals surface area contributed by atoms with Crippen molar-refractivity contribution in [1.29, 1.82) is 0 Å². The van der Waals surface area contributed by atoms with Gasteiger partial charge in [0.05, 0.1) is 17.9 Å². The third-order valence-corrected chi connectivity index (χ3v) is 4.40. The highest BCUT2D eigenvalue weighted by Gasteiger charge is 2.24. The molecule has 19 heavy (non-hydrogen) atoms. The van der Waals surface area contributed by atoms with Crippen LogP contribution in [-0.2, 0) is 6.42 Å². The molecule has 0 radical (unpaired) electrons. The second-order valence-corrected chi connectivity index (χ2v) is 5.63. The van der Waals surface area contributed by atoms with Crippen LogP contribution in [0.25, 0.3) is 0 Å². The Labute approximate surface area is 120 Å². The molecule has 0 amide bonds. The van der Waals surface area contributed by atoms with Crippen molar-refractivity contribution in [2.75, 3.05) is 5.32 Å². The molecular weight excluding hydrogens is 307 g/mol. The van der Waals surface area contributed by atoms with Gasteiger partial charge in [0.2, 0.25) is 0 Å². The molecule has 1 aromatic carbocycles. The number of pyridine rings is 1. The molecule has 1 unspecified atom stereocenters. The topological polar surface area (TPSA) is 24.9 Å². The summed E-state index contributed by atoms with van der Waals surface area (Å²) in [6.45, 7) is 2.00. The molecule has 1 aliphatic rings. The average Bonchev–Trinajstić information content (AvgIpc) is 2.79. The van der Waals surface area contributed by atoms with E-state index in [9.17, 15) is 4.39 Å². The van der Waals surface area contributed by atoms with E-state index in [1.807, 2.05) is 19.1 Å². The maximum Gasteiger partial charge on any atom is 0.126 e. The fraction of sp³-hybridized carbons (Fsp3) is 0.267. The Morgan fingerprint density at radius 1 is 1.42 bits per heavy atom. The second-order valence-electron chi connectivity index (χ2n) is 4.87. The van der Waals surface area contributed by atoms with Crippen molar-refractivity contribution < 1.29 is 4.39 Å². The molecule has 0 saturated heterocycles. The number of anilines is 1. The van der Waals surface area contributed by atoms with Gasteiger partial charge in [0, 0.05) is 0 Å². The molecule has 3 rings (SSSR count). The van der Waals surface area contributed by atoms with Crippen LogP contribution in [0.4, 0.5) is 10.1 Å². The van der Waals surface area contributed by atoms with Gasteiger partial charge in [-0.25, -0.2) is 9.37 Å². The van der Waals surface area contributed by atoms with E-state index < -0.39 is 0 Å². The minimum atomic E-state index is -0.0908. The second kappa shape index (κ2) is 4.93. The molecule has 0 bridgehead atoms. The number of benzene rings is 1. The maximum atomic E-state index is 13.7. The summed E-state index contributed by atoms with van der Waals surface area (Å²) in [6.07, 6.45) is 3.52. The lowest BCUT2D eigenvalue weighted by molar-refractivity contribution is 0.612. The number of nitrogens with one attached hydrogen (secondary N) is 1. The van der Waals surface area contributed by atoms with Crippen molar-refractivity contribution in [3.05, 3.63) is 57.6 Å². The molecule has 98 valence electrons. The lowest BCUT2D eigenvalue weighted by atomic mass is 10.1. The molecule has 0 spiro atoms. The maximum absolute atomic E-state index is 13.7. The number of hydrogen-bond donors (Lipinski definition) is 1. The minimum Gasteiger partial charge on any atom is -0.377 e. The summed E-state index contributed by atoms with van der Waals surface area (Å²) in [7, 11) is 0. The predicted octanol–water partition coefficient (Wildman–Crippen LogP) is 4.39. The van der Waals surface area contributed by atoms with Crippen LogP contribution in [0.3, 0.4) is 0 Å². The molecule has 2 nitrogen and oxygen atoms in total. The highest BCUT2D eigenvalue weighted by Crippen LogP contribution is 2.35. The molecule has 1 N–H and O–H groups in total. The Kier molecular flexibility index (Phi) is 3.27. The van der Waals surface area contributed by atoms with Gasteiger partial charge in [-0.2, -0.15) is 0 Å². The van der Waals surface area contributed by atoms with Crippen LogP contribution in [0, 0.1) is 12.7 Å². The summed E-state index contributed by atoms with van der Waals surface area (Å²) in [4.78, 5) is 4.27. The van der Waals surface area contributed by atoms with E-state index in [-0.39, 0.29) is 11.9 Å². The lowest BCUT2D eigenvalue weighted by Crippen LogP contribution is -2.07. The first kappa shape index (κ1) is 12.6. The highest BCUT2D eigenvalue weighted by atomic mass is 79.9. The van der Waals surface area contributed by atoms with Crippen LogP contribution in [0.1, 0.15) is 29.2 Å². The van der Waals surface area contributed by atoms with Crippen LogP contribution in [-0.4, -0.2) is 4.98 Å². The molecule has 1 aliphatic carbocycles. The van der Waals surface area contributed by atoms with Gasteiger partial charge in [-0.05, 0) is 64.5 Å². The molecule has 1 atom stereocenters. The first-order valence-corrected chi connectivity index (χ1v) is 7.10. The van der Waals surface area contributed by atoms with Crippen LogP contribution >= 0.6 is 15.9 Å². The number of aryl methyl sites for hydroxylation is 1. The summed E-state index contributed by atoms with van der Waals surface area (Å²) in [5.74, 6) is -0.0908.